The summed E-state index contributed by atoms with van der Waals surface area (Å²) in [5.41, 5.74) is 1.17. The van der Waals surface area contributed by atoms with E-state index in [2.05, 4.69) is 16.4 Å². The zero-order valence-corrected chi connectivity index (χ0v) is 13.2. The van der Waals surface area contributed by atoms with Crippen molar-refractivity contribution < 1.29 is 9.47 Å². The second kappa shape index (κ2) is 6.45. The largest absolute Gasteiger partial charge is 0.497 e. The monoisotopic (exact) mass is 304 g/mol. The number of benzene rings is 1. The molecule has 1 N–H and O–H groups in total. The molecule has 0 amide bonds. The van der Waals surface area contributed by atoms with Crippen molar-refractivity contribution in [3.05, 3.63) is 39.8 Å². The molecule has 1 aliphatic rings. The summed E-state index contributed by atoms with van der Waals surface area (Å²) in [5.74, 6) is 1.70. The Kier molecular flexibility index (Phi) is 4.41. The van der Waals surface area contributed by atoms with Gasteiger partial charge in [-0.1, -0.05) is 6.07 Å². The predicted octanol–water partition coefficient (Wildman–Crippen LogP) is 3.29. The fourth-order valence-corrected chi connectivity index (χ4v) is 2.81. The van der Waals surface area contributed by atoms with Crippen molar-refractivity contribution in [2.75, 3.05) is 7.11 Å². The number of hydrogen-bond donors (Lipinski definition) is 1. The van der Waals surface area contributed by atoms with Gasteiger partial charge in [-0.05, 0) is 25.8 Å². The summed E-state index contributed by atoms with van der Waals surface area (Å²) >= 11 is 1.67. The normalized spacial score (nSPS) is 14.2. The molecule has 3 rings (SSSR count). The highest BCUT2D eigenvalue weighted by Gasteiger charge is 2.20. The number of nitrogens with zero attached hydrogens (tertiary/aromatic N) is 1. The maximum absolute atomic E-state index is 5.98. The second-order valence-corrected chi connectivity index (χ2v) is 6.58. The Labute approximate surface area is 129 Å². The summed E-state index contributed by atoms with van der Waals surface area (Å²) in [6.45, 7) is 3.39. The van der Waals surface area contributed by atoms with Crippen LogP contribution in [-0.2, 0) is 13.2 Å². The predicted molar refractivity (Wildman–Crippen MR) is 84.0 cm³/mol. The first-order valence-electron chi connectivity index (χ1n) is 7.19. The molecule has 1 aromatic heterocycles. The average Bonchev–Trinajstić information content (AvgIpc) is 3.24. The number of aryl methyl sites for hydroxylation is 1. The smallest absolute Gasteiger partial charge is 0.128 e. The summed E-state index contributed by atoms with van der Waals surface area (Å²) in [6, 6.07) is 6.69. The van der Waals surface area contributed by atoms with Crippen LogP contribution in [0.15, 0.2) is 24.4 Å². The van der Waals surface area contributed by atoms with Gasteiger partial charge in [0, 0.05) is 30.4 Å². The fraction of sp³-hybridized carbons (Fsp3) is 0.438. The molecule has 0 bridgehead atoms. The van der Waals surface area contributed by atoms with E-state index >= 15 is 0 Å². The van der Waals surface area contributed by atoms with Crippen molar-refractivity contribution in [1.82, 2.24) is 10.3 Å². The van der Waals surface area contributed by atoms with E-state index in [9.17, 15) is 0 Å². The first kappa shape index (κ1) is 14.4. The topological polar surface area (TPSA) is 43.4 Å². The minimum atomic E-state index is 0.551. The van der Waals surface area contributed by atoms with Gasteiger partial charge in [0.15, 0.2) is 0 Å². The van der Waals surface area contributed by atoms with Crippen LogP contribution < -0.4 is 14.8 Å². The van der Waals surface area contributed by atoms with Gasteiger partial charge >= 0.3 is 0 Å². The van der Waals surface area contributed by atoms with Gasteiger partial charge in [-0.3, -0.25) is 0 Å². The zero-order valence-electron chi connectivity index (χ0n) is 12.4. The first-order valence-corrected chi connectivity index (χ1v) is 8.00. The van der Waals surface area contributed by atoms with Crippen LogP contribution in [0.25, 0.3) is 0 Å². The van der Waals surface area contributed by atoms with Gasteiger partial charge in [0.1, 0.15) is 18.1 Å². The van der Waals surface area contributed by atoms with Crippen LogP contribution in [-0.4, -0.2) is 18.1 Å². The maximum Gasteiger partial charge on any atom is 0.128 e. The van der Waals surface area contributed by atoms with Crippen molar-refractivity contribution in [3.63, 3.8) is 0 Å². The zero-order chi connectivity index (χ0) is 14.7. The number of methoxy groups -OCH3 is 1. The Bertz CT molecular complexity index is 608. The van der Waals surface area contributed by atoms with Crippen LogP contribution in [0.5, 0.6) is 11.5 Å². The van der Waals surface area contributed by atoms with E-state index in [1.54, 1.807) is 18.4 Å². The third-order valence-corrected chi connectivity index (χ3v) is 4.36. The standard InChI is InChI=1S/C16H20N2O2S/c1-11-17-9-15(21-11)10-20-16-7-14(19-2)6-3-12(16)8-18-13-4-5-13/h3,6-7,9,13,18H,4-5,8,10H2,1-2H3. The van der Waals surface area contributed by atoms with Gasteiger partial charge < -0.3 is 14.8 Å². The lowest BCUT2D eigenvalue weighted by molar-refractivity contribution is 0.302. The summed E-state index contributed by atoms with van der Waals surface area (Å²) in [7, 11) is 1.67. The minimum Gasteiger partial charge on any atom is -0.497 e. The Morgan fingerprint density at radius 1 is 1.38 bits per heavy atom. The van der Waals surface area contributed by atoms with Gasteiger partial charge in [-0.2, -0.15) is 0 Å². The second-order valence-electron chi connectivity index (χ2n) is 5.26. The van der Waals surface area contributed by atoms with Crippen molar-refractivity contribution in [2.45, 2.75) is 39.0 Å². The number of nitrogens with one attached hydrogen (secondary N) is 1. The highest BCUT2D eigenvalue weighted by atomic mass is 32.1. The number of ether oxygens (including phenoxy) is 2. The van der Waals surface area contributed by atoms with E-state index in [1.165, 1.54) is 18.4 Å². The van der Waals surface area contributed by atoms with Crippen molar-refractivity contribution in [1.29, 1.82) is 0 Å². The van der Waals surface area contributed by atoms with Gasteiger partial charge in [0.25, 0.3) is 0 Å². The highest BCUT2D eigenvalue weighted by molar-refractivity contribution is 7.11. The molecule has 1 aliphatic carbocycles. The average molecular weight is 304 g/mol. The van der Waals surface area contributed by atoms with E-state index in [0.29, 0.717) is 12.6 Å². The molecule has 0 radical (unpaired) electrons. The van der Waals surface area contributed by atoms with Gasteiger partial charge in [-0.15, -0.1) is 11.3 Å². The molecule has 21 heavy (non-hydrogen) atoms. The Morgan fingerprint density at radius 3 is 2.90 bits per heavy atom. The summed E-state index contributed by atoms with van der Waals surface area (Å²) in [5, 5.41) is 4.59. The first-order chi connectivity index (χ1) is 10.2. The van der Waals surface area contributed by atoms with Crippen LogP contribution in [0.1, 0.15) is 28.3 Å². The summed E-state index contributed by atoms with van der Waals surface area (Å²) in [4.78, 5) is 5.39. The third-order valence-electron chi connectivity index (χ3n) is 3.47. The Morgan fingerprint density at radius 2 is 2.24 bits per heavy atom. The molecule has 0 aliphatic heterocycles. The molecule has 0 saturated heterocycles. The minimum absolute atomic E-state index is 0.551. The molecule has 0 spiro atoms. The SMILES string of the molecule is COc1ccc(CNC2CC2)c(OCc2cnc(C)s2)c1. The lowest BCUT2D eigenvalue weighted by atomic mass is 10.2. The number of thiazole rings is 1. The molecule has 1 heterocycles. The van der Waals surface area contributed by atoms with Gasteiger partial charge in [0.05, 0.1) is 17.0 Å². The molecule has 1 aromatic carbocycles. The number of hydrogen-bond acceptors (Lipinski definition) is 5. The molecule has 0 unspecified atom stereocenters. The fourth-order valence-electron chi connectivity index (χ4n) is 2.10. The van der Waals surface area contributed by atoms with Crippen molar-refractivity contribution >= 4 is 11.3 Å². The maximum atomic E-state index is 5.98. The summed E-state index contributed by atoms with van der Waals surface area (Å²) < 4.78 is 11.3. The molecule has 5 heteroatoms. The van der Waals surface area contributed by atoms with Crippen molar-refractivity contribution in [3.8, 4) is 11.5 Å². The molecule has 1 saturated carbocycles. The molecular weight excluding hydrogens is 284 g/mol. The van der Waals surface area contributed by atoms with Crippen LogP contribution in [0.3, 0.4) is 0 Å². The number of rotatable bonds is 7. The molecule has 2 aromatic rings. The van der Waals surface area contributed by atoms with E-state index in [-0.39, 0.29) is 0 Å². The Hall–Kier alpha value is -1.59. The summed E-state index contributed by atoms with van der Waals surface area (Å²) in [6.07, 6.45) is 4.45. The molecule has 4 nitrogen and oxygen atoms in total. The number of aromatic nitrogens is 1. The molecular formula is C16H20N2O2S. The molecule has 112 valence electrons. The molecule has 1 fully saturated rings. The Balaban J connectivity index is 1.69. The van der Waals surface area contributed by atoms with Crippen LogP contribution in [0.4, 0.5) is 0 Å². The van der Waals surface area contributed by atoms with Crippen LogP contribution in [0.2, 0.25) is 0 Å². The highest BCUT2D eigenvalue weighted by Crippen LogP contribution is 2.28. The van der Waals surface area contributed by atoms with Gasteiger partial charge in [-0.25, -0.2) is 4.98 Å². The van der Waals surface area contributed by atoms with Crippen LogP contribution >= 0.6 is 11.3 Å². The van der Waals surface area contributed by atoms with Gasteiger partial charge in [0.2, 0.25) is 0 Å². The van der Waals surface area contributed by atoms with Crippen LogP contribution in [0, 0.1) is 6.92 Å². The van der Waals surface area contributed by atoms with E-state index in [0.717, 1.165) is 27.9 Å². The van der Waals surface area contributed by atoms with Crippen molar-refractivity contribution in [2.24, 2.45) is 0 Å². The lowest BCUT2D eigenvalue weighted by Crippen LogP contribution is -2.16. The lowest BCUT2D eigenvalue weighted by Gasteiger charge is -2.13. The third kappa shape index (κ3) is 3.95. The quantitative estimate of drug-likeness (QED) is 0.852. The van der Waals surface area contributed by atoms with E-state index in [1.807, 2.05) is 25.3 Å². The van der Waals surface area contributed by atoms with E-state index < -0.39 is 0 Å². The molecule has 0 atom stereocenters. The van der Waals surface area contributed by atoms with E-state index in [4.69, 9.17) is 9.47 Å².